The second-order valence-corrected chi connectivity index (χ2v) is 5.84. The number of hydrogen-bond donors (Lipinski definition) is 1. The highest BCUT2D eigenvalue weighted by Crippen LogP contribution is 2.39. The zero-order chi connectivity index (χ0) is 21.7. The number of carbonyl (C=O) groups is 1. The maximum absolute atomic E-state index is 12.5. The number of carbonyl (C=O) groups excluding carboxylic acids is 1. The van der Waals surface area contributed by atoms with Crippen molar-refractivity contribution < 1.29 is 32.7 Å². The van der Waals surface area contributed by atoms with Crippen LogP contribution in [0.2, 0.25) is 0 Å². The molecule has 1 aliphatic rings. The number of nitro benzene ring substituents is 1. The van der Waals surface area contributed by atoms with Crippen LogP contribution in [0.15, 0.2) is 42.0 Å². The molecule has 9 nitrogen and oxygen atoms in total. The lowest BCUT2D eigenvalue weighted by molar-refractivity contribution is -0.384. The van der Waals surface area contributed by atoms with E-state index in [1.165, 1.54) is 36.4 Å². The van der Waals surface area contributed by atoms with Gasteiger partial charge in [-0.15, -0.1) is 0 Å². The molecule has 0 fully saturated rings. The molecule has 0 saturated carbocycles. The first-order valence-corrected chi connectivity index (χ1v) is 8.43. The molecule has 1 amide bonds. The van der Waals surface area contributed by atoms with Gasteiger partial charge in [-0.3, -0.25) is 14.9 Å². The van der Waals surface area contributed by atoms with E-state index in [2.05, 4.69) is 10.1 Å². The van der Waals surface area contributed by atoms with Crippen molar-refractivity contribution in [3.63, 3.8) is 0 Å². The van der Waals surface area contributed by atoms with Gasteiger partial charge >= 0.3 is 6.61 Å². The summed E-state index contributed by atoms with van der Waals surface area (Å²) in [5.74, 6) is -0.588. The number of anilines is 1. The highest BCUT2D eigenvalue weighted by atomic mass is 19.3. The van der Waals surface area contributed by atoms with Crippen molar-refractivity contribution in [3.8, 4) is 23.3 Å². The van der Waals surface area contributed by atoms with Gasteiger partial charge < -0.3 is 19.5 Å². The summed E-state index contributed by atoms with van der Waals surface area (Å²) < 4.78 is 39.3. The molecule has 1 heterocycles. The number of ether oxygens (including phenoxy) is 3. The average Bonchev–Trinajstić information content (AvgIpc) is 2.72. The van der Waals surface area contributed by atoms with Crippen molar-refractivity contribution in [2.24, 2.45) is 0 Å². The fourth-order valence-electron chi connectivity index (χ4n) is 2.58. The van der Waals surface area contributed by atoms with Crippen LogP contribution in [-0.4, -0.2) is 30.7 Å². The van der Waals surface area contributed by atoms with Crippen LogP contribution in [0.4, 0.5) is 20.2 Å². The quantitative estimate of drug-likeness (QED) is 0.330. The fourth-order valence-corrected chi connectivity index (χ4v) is 2.58. The van der Waals surface area contributed by atoms with E-state index in [4.69, 9.17) is 9.47 Å². The van der Waals surface area contributed by atoms with E-state index in [0.717, 1.165) is 6.07 Å². The molecule has 0 saturated heterocycles. The predicted molar refractivity (Wildman–Crippen MR) is 99.4 cm³/mol. The Hall–Kier alpha value is -4.20. The third-order valence-corrected chi connectivity index (χ3v) is 3.89. The van der Waals surface area contributed by atoms with E-state index < -0.39 is 23.1 Å². The van der Waals surface area contributed by atoms with E-state index in [1.807, 2.05) is 0 Å². The maximum Gasteiger partial charge on any atom is 0.387 e. The molecule has 0 aromatic heterocycles. The van der Waals surface area contributed by atoms with Gasteiger partial charge in [-0.2, -0.15) is 14.0 Å². The minimum atomic E-state index is -2.98. The topological polar surface area (TPSA) is 124 Å². The molecule has 0 unspecified atom stereocenters. The first kappa shape index (κ1) is 20.5. The smallest absolute Gasteiger partial charge is 0.387 e. The molecule has 154 valence electrons. The number of nitriles is 1. The van der Waals surface area contributed by atoms with Crippen molar-refractivity contribution in [1.82, 2.24) is 0 Å². The van der Waals surface area contributed by atoms with Crippen LogP contribution >= 0.6 is 0 Å². The van der Waals surface area contributed by atoms with Crippen molar-refractivity contribution in [2.75, 3.05) is 18.5 Å². The number of amides is 1. The number of nitrogens with zero attached hydrogens (tertiary/aromatic N) is 2. The third-order valence-electron chi connectivity index (χ3n) is 3.89. The lowest BCUT2D eigenvalue weighted by Crippen LogP contribution is -2.18. The van der Waals surface area contributed by atoms with Gasteiger partial charge in [-0.1, -0.05) is 12.1 Å². The molecular weight excluding hydrogens is 404 g/mol. The number of halogens is 2. The molecule has 0 radical (unpaired) electrons. The summed E-state index contributed by atoms with van der Waals surface area (Å²) in [6, 6.07) is 9.31. The Kier molecular flexibility index (Phi) is 6.07. The molecule has 2 aromatic rings. The first-order chi connectivity index (χ1) is 14.4. The van der Waals surface area contributed by atoms with E-state index >= 15 is 0 Å². The summed E-state index contributed by atoms with van der Waals surface area (Å²) in [7, 11) is 0. The number of benzene rings is 2. The van der Waals surface area contributed by atoms with Crippen molar-refractivity contribution >= 4 is 23.4 Å². The minimum Gasteiger partial charge on any atom is -0.486 e. The zero-order valence-corrected chi connectivity index (χ0v) is 15.1. The van der Waals surface area contributed by atoms with Gasteiger partial charge in [0, 0.05) is 6.07 Å². The molecular formula is C19H13F2N3O6. The Balaban J connectivity index is 1.84. The van der Waals surface area contributed by atoms with Gasteiger partial charge in [-0.25, -0.2) is 0 Å². The molecule has 0 spiro atoms. The average molecular weight is 417 g/mol. The van der Waals surface area contributed by atoms with Gasteiger partial charge in [0.1, 0.15) is 36.3 Å². The predicted octanol–water partition coefficient (Wildman–Crippen LogP) is 3.51. The largest absolute Gasteiger partial charge is 0.486 e. The van der Waals surface area contributed by atoms with Gasteiger partial charge in [0.05, 0.1) is 11.0 Å². The number of rotatable bonds is 6. The van der Waals surface area contributed by atoms with E-state index in [-0.39, 0.29) is 41.7 Å². The molecule has 1 N–H and O–H groups in total. The SMILES string of the molecule is N#CC(=Cc1ccc(OC(F)F)cc1)C(=O)Nc1cc2c(cc1[N+](=O)[O-])OCCO2. The monoisotopic (exact) mass is 417 g/mol. The summed E-state index contributed by atoms with van der Waals surface area (Å²) >= 11 is 0. The summed E-state index contributed by atoms with van der Waals surface area (Å²) in [4.78, 5) is 23.1. The molecule has 1 aliphatic heterocycles. The van der Waals surface area contributed by atoms with E-state index in [0.29, 0.717) is 5.56 Å². The Morgan fingerprint density at radius 3 is 2.43 bits per heavy atom. The van der Waals surface area contributed by atoms with Crippen LogP contribution < -0.4 is 19.5 Å². The van der Waals surface area contributed by atoms with E-state index in [1.54, 1.807) is 6.07 Å². The van der Waals surface area contributed by atoms with Crippen LogP contribution in [0.1, 0.15) is 5.56 Å². The number of alkyl halides is 2. The third kappa shape index (κ3) is 4.79. The molecule has 3 rings (SSSR count). The lowest BCUT2D eigenvalue weighted by atomic mass is 10.1. The van der Waals surface area contributed by atoms with Crippen molar-refractivity contribution in [2.45, 2.75) is 6.61 Å². The summed E-state index contributed by atoms with van der Waals surface area (Å²) in [6.45, 7) is -2.50. The van der Waals surface area contributed by atoms with E-state index in [9.17, 15) is 29.0 Å². The Morgan fingerprint density at radius 1 is 1.23 bits per heavy atom. The Labute approximate surface area is 168 Å². The first-order valence-electron chi connectivity index (χ1n) is 8.43. The summed E-state index contributed by atoms with van der Waals surface area (Å²) in [6.07, 6.45) is 1.20. The normalized spacial score (nSPS) is 12.8. The van der Waals surface area contributed by atoms with Crippen LogP contribution in [0.25, 0.3) is 6.08 Å². The van der Waals surface area contributed by atoms with Gasteiger partial charge in [0.15, 0.2) is 11.5 Å². The molecule has 0 atom stereocenters. The van der Waals surface area contributed by atoms with Crippen molar-refractivity contribution in [3.05, 3.63) is 57.6 Å². The van der Waals surface area contributed by atoms with Gasteiger partial charge in [0.25, 0.3) is 11.6 Å². The number of nitro groups is 1. The standard InChI is InChI=1S/C19H13F2N3O6/c20-19(21)30-13-3-1-11(2-4-13)7-12(10-22)18(25)23-14-8-16-17(29-6-5-28-16)9-15(14)24(26)27/h1-4,7-9,19H,5-6H2,(H,23,25). The molecule has 30 heavy (non-hydrogen) atoms. The Morgan fingerprint density at radius 2 is 1.87 bits per heavy atom. The Bertz CT molecular complexity index is 1050. The molecule has 2 aromatic carbocycles. The second-order valence-electron chi connectivity index (χ2n) is 5.84. The number of fused-ring (bicyclic) bond motifs is 1. The van der Waals surface area contributed by atoms with Crippen LogP contribution in [0, 0.1) is 21.4 Å². The van der Waals surface area contributed by atoms with Crippen LogP contribution in [-0.2, 0) is 4.79 Å². The zero-order valence-electron chi connectivity index (χ0n) is 15.1. The summed E-state index contributed by atoms with van der Waals surface area (Å²) in [5, 5.41) is 23.0. The fraction of sp³-hybridized carbons (Fsp3) is 0.158. The van der Waals surface area contributed by atoms with Gasteiger partial charge in [-0.05, 0) is 23.8 Å². The number of hydrogen-bond acceptors (Lipinski definition) is 7. The van der Waals surface area contributed by atoms with Crippen LogP contribution in [0.5, 0.6) is 17.2 Å². The number of nitrogens with one attached hydrogen (secondary N) is 1. The maximum atomic E-state index is 12.5. The molecule has 11 heteroatoms. The highest BCUT2D eigenvalue weighted by Gasteiger charge is 2.24. The molecule has 0 bridgehead atoms. The summed E-state index contributed by atoms with van der Waals surface area (Å²) in [5.41, 5.74) is -0.601. The second kappa shape index (κ2) is 8.87. The lowest BCUT2D eigenvalue weighted by Gasteiger charge is -2.19. The molecule has 0 aliphatic carbocycles. The van der Waals surface area contributed by atoms with Crippen LogP contribution in [0.3, 0.4) is 0 Å². The van der Waals surface area contributed by atoms with Gasteiger partial charge in [0.2, 0.25) is 0 Å². The van der Waals surface area contributed by atoms with Crippen molar-refractivity contribution in [1.29, 1.82) is 5.26 Å². The highest BCUT2D eigenvalue weighted by molar-refractivity contribution is 6.10. The minimum absolute atomic E-state index is 0.0861.